The van der Waals surface area contributed by atoms with E-state index in [1.807, 2.05) is 0 Å². The number of aromatic nitrogens is 3. The van der Waals surface area contributed by atoms with Crippen molar-refractivity contribution in [3.63, 3.8) is 0 Å². The van der Waals surface area contributed by atoms with Gasteiger partial charge in [-0.15, -0.1) is 5.10 Å². The highest BCUT2D eigenvalue weighted by Crippen LogP contribution is 2.25. The van der Waals surface area contributed by atoms with Crippen molar-refractivity contribution in [2.24, 2.45) is 0 Å². The number of halogens is 1. The van der Waals surface area contributed by atoms with E-state index in [0.717, 1.165) is 0 Å². The molecule has 2 heterocycles. The minimum atomic E-state index is -0.666. The molecule has 0 radical (unpaired) electrons. The zero-order valence-electron chi connectivity index (χ0n) is 8.75. The van der Waals surface area contributed by atoms with Crippen molar-refractivity contribution >= 4 is 33.3 Å². The lowest BCUT2D eigenvalue weighted by Crippen LogP contribution is -2.13. The monoisotopic (exact) mass is 311 g/mol. The normalized spacial score (nSPS) is 10.1. The predicted octanol–water partition coefficient (Wildman–Crippen LogP) is 1.73. The maximum atomic E-state index is 11.8. The summed E-state index contributed by atoms with van der Waals surface area (Å²) in [6.45, 7) is 0. The van der Waals surface area contributed by atoms with Crippen LogP contribution in [-0.4, -0.2) is 26.0 Å². The summed E-state index contributed by atoms with van der Waals surface area (Å²) in [5.41, 5.74) is 0.436. The number of anilines is 1. The highest BCUT2D eigenvalue weighted by Gasteiger charge is 2.24. The van der Waals surface area contributed by atoms with E-state index in [4.69, 9.17) is 0 Å². The molecule has 0 aliphatic heterocycles. The van der Waals surface area contributed by atoms with Crippen molar-refractivity contribution in [3.8, 4) is 0 Å². The Labute approximate surface area is 109 Å². The van der Waals surface area contributed by atoms with Gasteiger partial charge in [-0.1, -0.05) is 5.10 Å². The maximum absolute atomic E-state index is 11.8. The van der Waals surface area contributed by atoms with Crippen LogP contribution in [0.15, 0.2) is 29.0 Å². The van der Waals surface area contributed by atoms with Crippen LogP contribution in [0.4, 0.5) is 11.5 Å². The molecule has 0 saturated heterocycles. The molecule has 92 valence electrons. The van der Waals surface area contributed by atoms with Crippen molar-refractivity contribution < 1.29 is 9.72 Å². The molecule has 2 aromatic rings. The Kier molecular flexibility index (Phi) is 3.33. The molecule has 0 spiro atoms. The second-order valence-corrected chi connectivity index (χ2v) is 3.97. The van der Waals surface area contributed by atoms with Crippen LogP contribution in [0.5, 0.6) is 0 Å². The molecule has 0 aromatic carbocycles. The molecule has 0 aliphatic carbocycles. The van der Waals surface area contributed by atoms with E-state index in [1.54, 1.807) is 12.1 Å². The Bertz CT molecular complexity index is 598. The third-order valence-electron chi connectivity index (χ3n) is 2.03. The number of rotatable bonds is 3. The molecule has 0 unspecified atom stereocenters. The summed E-state index contributed by atoms with van der Waals surface area (Å²) in [6.07, 6.45) is 3.02. The minimum Gasteiger partial charge on any atom is -0.358 e. The molecule has 0 aliphatic rings. The molecular weight excluding hydrogens is 306 g/mol. The lowest BCUT2D eigenvalue weighted by atomic mass is 10.3. The van der Waals surface area contributed by atoms with Gasteiger partial charge < -0.3 is 15.4 Å². The first-order chi connectivity index (χ1) is 8.59. The fraction of sp³-hybridized carbons (Fsp3) is 0. The van der Waals surface area contributed by atoms with Gasteiger partial charge in [-0.25, -0.2) is 0 Å². The molecule has 2 rings (SSSR count). The van der Waals surface area contributed by atoms with E-state index < -0.39 is 10.8 Å². The molecule has 8 nitrogen and oxygen atoms in total. The zero-order chi connectivity index (χ0) is 13.1. The van der Waals surface area contributed by atoms with Crippen LogP contribution >= 0.6 is 15.9 Å². The third kappa shape index (κ3) is 2.35. The fourth-order valence-electron chi connectivity index (χ4n) is 1.22. The van der Waals surface area contributed by atoms with Crippen LogP contribution in [0.2, 0.25) is 0 Å². The standard InChI is InChI=1S/C9H6BrN5O3/c10-6-7(13-14-8(6)15(17)18)9(16)12-5-1-3-11-4-2-5/h1-4H,(H,13,14)(H,11,12,16). The van der Waals surface area contributed by atoms with E-state index in [-0.39, 0.29) is 16.0 Å². The van der Waals surface area contributed by atoms with Crippen LogP contribution in [0.3, 0.4) is 0 Å². The Balaban J connectivity index is 2.22. The number of amides is 1. The lowest BCUT2D eigenvalue weighted by molar-refractivity contribution is -0.390. The molecule has 2 N–H and O–H groups in total. The van der Waals surface area contributed by atoms with Crippen LogP contribution in [0, 0.1) is 10.1 Å². The van der Waals surface area contributed by atoms with Crippen LogP contribution < -0.4 is 5.32 Å². The zero-order valence-corrected chi connectivity index (χ0v) is 10.3. The van der Waals surface area contributed by atoms with Gasteiger partial charge in [0, 0.05) is 18.1 Å². The third-order valence-corrected chi connectivity index (χ3v) is 2.78. The Hall–Kier alpha value is -2.29. The summed E-state index contributed by atoms with van der Waals surface area (Å²) in [5, 5.41) is 18.9. The summed E-state index contributed by atoms with van der Waals surface area (Å²) in [4.78, 5) is 25.5. The average molecular weight is 312 g/mol. The molecule has 1 amide bonds. The first-order valence-electron chi connectivity index (χ1n) is 4.69. The number of aromatic amines is 1. The summed E-state index contributed by atoms with van der Waals surface area (Å²) in [7, 11) is 0. The number of nitrogens with zero attached hydrogens (tertiary/aromatic N) is 3. The van der Waals surface area contributed by atoms with Gasteiger partial charge in [0.15, 0.2) is 5.69 Å². The van der Waals surface area contributed by atoms with E-state index in [9.17, 15) is 14.9 Å². The number of nitrogens with one attached hydrogen (secondary N) is 2. The predicted molar refractivity (Wildman–Crippen MR) is 65.1 cm³/mol. The summed E-state index contributed by atoms with van der Waals surface area (Å²) < 4.78 is 0.0130. The Morgan fingerprint density at radius 1 is 1.44 bits per heavy atom. The Morgan fingerprint density at radius 2 is 2.11 bits per heavy atom. The van der Waals surface area contributed by atoms with Crippen molar-refractivity contribution in [1.82, 2.24) is 15.2 Å². The smallest absolute Gasteiger partial charge is 0.357 e. The number of carbonyl (C=O) groups is 1. The lowest BCUT2D eigenvalue weighted by Gasteiger charge is -2.01. The second kappa shape index (κ2) is 4.92. The maximum Gasteiger partial charge on any atom is 0.357 e. The molecule has 18 heavy (non-hydrogen) atoms. The number of pyridine rings is 1. The quantitative estimate of drug-likeness (QED) is 0.661. The van der Waals surface area contributed by atoms with Gasteiger partial charge in [0.25, 0.3) is 5.91 Å². The van der Waals surface area contributed by atoms with E-state index in [2.05, 4.69) is 36.4 Å². The van der Waals surface area contributed by atoms with Crippen LogP contribution in [0.1, 0.15) is 10.5 Å². The molecule has 0 bridgehead atoms. The number of hydrogen-bond acceptors (Lipinski definition) is 5. The molecule has 0 saturated carbocycles. The molecule has 0 fully saturated rings. The highest BCUT2D eigenvalue weighted by molar-refractivity contribution is 9.10. The summed E-state index contributed by atoms with van der Waals surface area (Å²) >= 11 is 2.96. The largest absolute Gasteiger partial charge is 0.358 e. The van der Waals surface area contributed by atoms with Gasteiger partial charge in [-0.05, 0) is 33.0 Å². The molecular formula is C9H6BrN5O3. The topological polar surface area (TPSA) is 114 Å². The van der Waals surface area contributed by atoms with Gasteiger partial charge in [0.1, 0.15) is 4.47 Å². The first-order valence-corrected chi connectivity index (χ1v) is 5.48. The number of nitro groups is 1. The van der Waals surface area contributed by atoms with Crippen molar-refractivity contribution in [2.45, 2.75) is 0 Å². The molecule has 2 aromatic heterocycles. The highest BCUT2D eigenvalue weighted by atomic mass is 79.9. The van der Waals surface area contributed by atoms with Crippen LogP contribution in [0.25, 0.3) is 0 Å². The van der Waals surface area contributed by atoms with E-state index >= 15 is 0 Å². The van der Waals surface area contributed by atoms with Crippen LogP contribution in [-0.2, 0) is 0 Å². The van der Waals surface area contributed by atoms with Gasteiger partial charge in [-0.3, -0.25) is 9.78 Å². The summed E-state index contributed by atoms with van der Waals surface area (Å²) in [5.74, 6) is -0.924. The Morgan fingerprint density at radius 3 is 2.67 bits per heavy atom. The molecule has 0 atom stereocenters. The number of carbonyl (C=O) groups excluding carboxylic acids is 1. The van der Waals surface area contributed by atoms with Gasteiger partial charge >= 0.3 is 5.82 Å². The van der Waals surface area contributed by atoms with Crippen molar-refractivity contribution in [3.05, 3.63) is 44.8 Å². The van der Waals surface area contributed by atoms with Gasteiger partial charge in [0.2, 0.25) is 0 Å². The first kappa shape index (κ1) is 12.2. The SMILES string of the molecule is O=C(Nc1ccncc1)c1n[nH]c([N+](=O)[O-])c1Br. The second-order valence-electron chi connectivity index (χ2n) is 3.18. The molecule has 9 heteroatoms. The van der Waals surface area contributed by atoms with Crippen molar-refractivity contribution in [2.75, 3.05) is 5.32 Å². The van der Waals surface area contributed by atoms with E-state index in [1.165, 1.54) is 12.4 Å². The van der Waals surface area contributed by atoms with Crippen molar-refractivity contribution in [1.29, 1.82) is 0 Å². The van der Waals surface area contributed by atoms with Gasteiger partial charge in [-0.2, -0.15) is 0 Å². The summed E-state index contributed by atoms with van der Waals surface area (Å²) in [6, 6.07) is 3.18. The number of H-pyrrole nitrogens is 1. The van der Waals surface area contributed by atoms with Gasteiger partial charge in [0.05, 0.1) is 0 Å². The fourth-order valence-corrected chi connectivity index (χ4v) is 1.72. The average Bonchev–Trinajstić information content (AvgIpc) is 2.72. The minimum absolute atomic E-state index is 0.0130. The van der Waals surface area contributed by atoms with E-state index in [0.29, 0.717) is 5.69 Å². The number of hydrogen-bond donors (Lipinski definition) is 2.